The molecule has 3 heteroatoms. The molecule has 0 spiro atoms. The lowest BCUT2D eigenvalue weighted by Gasteiger charge is -2.20. The van der Waals surface area contributed by atoms with Crippen molar-refractivity contribution >= 4 is 32.6 Å². The molecule has 2 heterocycles. The van der Waals surface area contributed by atoms with Crippen LogP contribution in [0.15, 0.2) is 72.9 Å². The molecule has 0 bridgehead atoms. The number of hydrogen-bond donors (Lipinski definition) is 1. The van der Waals surface area contributed by atoms with Gasteiger partial charge in [-0.2, -0.15) is 0 Å². The Morgan fingerprint density at radius 3 is 2.46 bits per heavy atom. The third-order valence-electron chi connectivity index (χ3n) is 5.48. The van der Waals surface area contributed by atoms with Crippen molar-refractivity contribution < 1.29 is 5.11 Å². The van der Waals surface area contributed by atoms with Gasteiger partial charge < -0.3 is 5.11 Å². The third-order valence-corrected chi connectivity index (χ3v) is 5.48. The summed E-state index contributed by atoms with van der Waals surface area (Å²) >= 11 is 0. The number of fused-ring (bicyclic) bond motifs is 5. The summed E-state index contributed by atoms with van der Waals surface area (Å²) < 4.78 is 2.16. The summed E-state index contributed by atoms with van der Waals surface area (Å²) in [4.78, 5) is 4.69. The molecule has 0 aliphatic heterocycles. The van der Waals surface area contributed by atoms with Crippen LogP contribution in [0.25, 0.3) is 38.4 Å². The van der Waals surface area contributed by atoms with Gasteiger partial charge in [-0.05, 0) is 52.1 Å². The van der Waals surface area contributed by atoms with Crippen molar-refractivity contribution in [3.8, 4) is 11.6 Å². The lowest BCUT2D eigenvalue weighted by atomic mass is 9.88. The van der Waals surface area contributed by atoms with Crippen molar-refractivity contribution in [2.75, 3.05) is 0 Å². The lowest BCUT2D eigenvalue weighted by Crippen LogP contribution is -2.12. The zero-order valence-electron chi connectivity index (χ0n) is 16.3. The Balaban J connectivity index is 1.96. The van der Waals surface area contributed by atoms with Gasteiger partial charge in [0.15, 0.2) is 0 Å². The second kappa shape index (κ2) is 5.83. The van der Waals surface area contributed by atoms with Crippen LogP contribution in [0.5, 0.6) is 5.75 Å². The van der Waals surface area contributed by atoms with E-state index >= 15 is 0 Å². The molecular weight excluding hydrogens is 344 g/mol. The minimum Gasteiger partial charge on any atom is -0.508 e. The van der Waals surface area contributed by atoms with E-state index in [1.165, 1.54) is 21.7 Å². The van der Waals surface area contributed by atoms with Gasteiger partial charge in [0, 0.05) is 23.0 Å². The molecule has 0 atom stereocenters. The van der Waals surface area contributed by atoms with Crippen LogP contribution >= 0.6 is 0 Å². The highest BCUT2D eigenvalue weighted by Gasteiger charge is 2.18. The molecule has 5 aromatic rings. The molecule has 0 aliphatic rings. The number of hydrogen-bond acceptors (Lipinski definition) is 2. The summed E-state index contributed by atoms with van der Waals surface area (Å²) in [6.45, 7) is 6.62. The predicted octanol–water partition coefficient (Wildman–Crippen LogP) is 6.34. The number of aromatic nitrogens is 2. The van der Waals surface area contributed by atoms with Crippen molar-refractivity contribution in [1.82, 2.24) is 9.55 Å². The van der Waals surface area contributed by atoms with Crippen molar-refractivity contribution in [3.05, 3.63) is 78.5 Å². The molecule has 0 unspecified atom stereocenters. The standard InChI is InChI=1S/C25H22N2O/c1-25(2,3)17-12-13-26-23(14-17)27-21-11-8-16-6-4-5-7-19(16)24(21)20-10-9-18(28)15-22(20)27/h4-15,28H,1-3H3. The fourth-order valence-electron chi connectivity index (χ4n) is 4.03. The van der Waals surface area contributed by atoms with Crippen LogP contribution in [0.1, 0.15) is 26.3 Å². The summed E-state index contributed by atoms with van der Waals surface area (Å²) in [6, 6.07) is 22.6. The number of phenols is 1. The first kappa shape index (κ1) is 16.8. The molecule has 3 aromatic carbocycles. The van der Waals surface area contributed by atoms with Crippen molar-refractivity contribution in [2.24, 2.45) is 0 Å². The van der Waals surface area contributed by atoms with Crippen molar-refractivity contribution in [2.45, 2.75) is 26.2 Å². The maximum Gasteiger partial charge on any atom is 0.137 e. The van der Waals surface area contributed by atoms with Gasteiger partial charge in [0.05, 0.1) is 11.0 Å². The normalized spacial score (nSPS) is 12.2. The van der Waals surface area contributed by atoms with Gasteiger partial charge in [-0.3, -0.25) is 4.57 Å². The number of pyridine rings is 1. The largest absolute Gasteiger partial charge is 0.508 e. The van der Waals surface area contributed by atoms with Gasteiger partial charge in [-0.25, -0.2) is 4.98 Å². The van der Waals surface area contributed by atoms with Gasteiger partial charge >= 0.3 is 0 Å². The molecule has 3 nitrogen and oxygen atoms in total. The first-order valence-electron chi connectivity index (χ1n) is 9.55. The summed E-state index contributed by atoms with van der Waals surface area (Å²) in [5.41, 5.74) is 3.32. The smallest absolute Gasteiger partial charge is 0.137 e. The molecule has 0 saturated carbocycles. The van der Waals surface area contributed by atoms with Gasteiger partial charge in [-0.15, -0.1) is 0 Å². The van der Waals surface area contributed by atoms with Crippen LogP contribution in [0.2, 0.25) is 0 Å². The Bertz CT molecular complexity index is 1360. The second-order valence-corrected chi connectivity index (χ2v) is 8.37. The average molecular weight is 366 g/mol. The molecule has 0 saturated heterocycles. The van der Waals surface area contributed by atoms with Crippen molar-refractivity contribution in [3.63, 3.8) is 0 Å². The Kier molecular flexibility index (Phi) is 3.50. The lowest BCUT2D eigenvalue weighted by molar-refractivity contribution is 0.476. The molecule has 5 rings (SSSR count). The van der Waals surface area contributed by atoms with Crippen LogP contribution in [0.4, 0.5) is 0 Å². The highest BCUT2D eigenvalue weighted by atomic mass is 16.3. The molecule has 138 valence electrons. The summed E-state index contributed by atoms with van der Waals surface area (Å²) in [7, 11) is 0. The van der Waals surface area contributed by atoms with Gasteiger partial charge in [-0.1, -0.05) is 51.1 Å². The average Bonchev–Trinajstić information content (AvgIpc) is 3.01. The van der Waals surface area contributed by atoms with Crippen LogP contribution in [0.3, 0.4) is 0 Å². The van der Waals surface area contributed by atoms with E-state index in [1.54, 1.807) is 6.07 Å². The number of aromatic hydroxyl groups is 1. The minimum atomic E-state index is 0.0330. The maximum absolute atomic E-state index is 10.2. The summed E-state index contributed by atoms with van der Waals surface area (Å²) in [5.74, 6) is 1.13. The summed E-state index contributed by atoms with van der Waals surface area (Å²) in [5, 5.41) is 14.9. The van der Waals surface area contributed by atoms with Crippen molar-refractivity contribution in [1.29, 1.82) is 0 Å². The van der Waals surface area contributed by atoms with E-state index in [2.05, 4.69) is 78.9 Å². The Labute approximate surface area is 163 Å². The first-order valence-corrected chi connectivity index (χ1v) is 9.55. The van der Waals surface area contributed by atoms with Crippen LogP contribution in [-0.2, 0) is 5.41 Å². The highest BCUT2D eigenvalue weighted by Crippen LogP contribution is 2.38. The highest BCUT2D eigenvalue weighted by molar-refractivity contribution is 6.21. The van der Waals surface area contributed by atoms with E-state index in [-0.39, 0.29) is 11.2 Å². The molecule has 0 fully saturated rings. The number of benzene rings is 3. The van der Waals surface area contributed by atoms with E-state index in [9.17, 15) is 5.11 Å². The zero-order chi connectivity index (χ0) is 19.5. The minimum absolute atomic E-state index is 0.0330. The Morgan fingerprint density at radius 1 is 0.821 bits per heavy atom. The molecule has 0 radical (unpaired) electrons. The predicted molar refractivity (Wildman–Crippen MR) is 116 cm³/mol. The van der Waals surface area contributed by atoms with Gasteiger partial charge in [0.25, 0.3) is 0 Å². The first-order chi connectivity index (χ1) is 13.4. The molecule has 28 heavy (non-hydrogen) atoms. The fourth-order valence-corrected chi connectivity index (χ4v) is 4.03. The van der Waals surface area contributed by atoms with E-state index in [0.29, 0.717) is 0 Å². The van der Waals surface area contributed by atoms with Crippen LogP contribution < -0.4 is 0 Å². The number of phenolic OH excluding ortho intramolecular Hbond substituents is 1. The van der Waals surface area contributed by atoms with Gasteiger partial charge in [0.1, 0.15) is 11.6 Å². The molecule has 0 aliphatic carbocycles. The van der Waals surface area contributed by atoms with Gasteiger partial charge in [0.2, 0.25) is 0 Å². The number of nitrogens with zero attached hydrogens (tertiary/aromatic N) is 2. The SMILES string of the molecule is CC(C)(C)c1ccnc(-n2c3cc(O)ccc3c3c4ccccc4ccc32)c1. The maximum atomic E-state index is 10.2. The Hall–Kier alpha value is -3.33. The number of rotatable bonds is 1. The zero-order valence-corrected chi connectivity index (χ0v) is 16.3. The van der Waals surface area contributed by atoms with E-state index in [0.717, 1.165) is 22.2 Å². The molecule has 1 N–H and O–H groups in total. The topological polar surface area (TPSA) is 38.0 Å². The van der Waals surface area contributed by atoms with E-state index in [4.69, 9.17) is 0 Å². The van der Waals surface area contributed by atoms with E-state index in [1.807, 2.05) is 18.3 Å². The second-order valence-electron chi connectivity index (χ2n) is 8.37. The molecular formula is C25H22N2O. The third kappa shape index (κ3) is 2.47. The van der Waals surface area contributed by atoms with Crippen LogP contribution in [0, 0.1) is 0 Å². The molecule has 2 aromatic heterocycles. The van der Waals surface area contributed by atoms with E-state index < -0.39 is 0 Å². The monoisotopic (exact) mass is 366 g/mol. The fraction of sp³-hybridized carbons (Fsp3) is 0.160. The summed E-state index contributed by atoms with van der Waals surface area (Å²) in [6.07, 6.45) is 1.87. The molecule has 0 amide bonds. The quantitative estimate of drug-likeness (QED) is 0.376. The van der Waals surface area contributed by atoms with Crippen LogP contribution in [-0.4, -0.2) is 14.7 Å². The Morgan fingerprint density at radius 2 is 1.64 bits per heavy atom.